The SMILES string of the molecule is Nc1ncccc1OCCCCc1ccc2c(c1)C(=O)N(C(CC(=O)OC(=O)C(F)(F)F)c1ccccc1)C(c1ccccc1)C(=O)N2Cc1ccccc1. The maximum atomic E-state index is 15.2. The predicted molar refractivity (Wildman–Crippen MR) is 197 cm³/mol. The lowest BCUT2D eigenvalue weighted by Gasteiger charge is -2.37. The number of esters is 2. The van der Waals surface area contributed by atoms with E-state index >= 15 is 9.59 Å². The quantitative estimate of drug-likeness (QED) is 0.0741. The largest absolute Gasteiger partial charge is 0.491 e. The second kappa shape index (κ2) is 17.1. The number of pyridine rings is 1. The van der Waals surface area contributed by atoms with Gasteiger partial charge in [-0.15, -0.1) is 0 Å². The number of aryl methyl sites for hydroxylation is 1. The summed E-state index contributed by atoms with van der Waals surface area (Å²) in [6.07, 6.45) is -2.86. The van der Waals surface area contributed by atoms with Gasteiger partial charge in [0.25, 0.3) is 11.8 Å². The van der Waals surface area contributed by atoms with Crippen molar-refractivity contribution in [1.29, 1.82) is 0 Å². The van der Waals surface area contributed by atoms with Crippen molar-refractivity contribution >= 4 is 35.3 Å². The third-order valence-corrected chi connectivity index (χ3v) is 9.13. The number of aromatic nitrogens is 1. The molecule has 2 atom stereocenters. The van der Waals surface area contributed by atoms with Gasteiger partial charge in [0.1, 0.15) is 6.04 Å². The minimum atomic E-state index is -5.43. The van der Waals surface area contributed by atoms with Crippen molar-refractivity contribution in [2.24, 2.45) is 0 Å². The molecule has 2 amide bonds. The number of halogens is 3. The van der Waals surface area contributed by atoms with Crippen LogP contribution in [0.5, 0.6) is 5.75 Å². The number of nitrogens with zero attached hydrogens (tertiary/aromatic N) is 3. The number of benzene rings is 4. The van der Waals surface area contributed by atoms with Crippen LogP contribution in [-0.2, 0) is 32.1 Å². The molecule has 0 fully saturated rings. The zero-order chi connectivity index (χ0) is 39.0. The topological polar surface area (TPSA) is 132 Å². The molecule has 282 valence electrons. The molecule has 0 bridgehead atoms. The number of alkyl halides is 3. The number of nitrogen functional groups attached to an aromatic ring is 1. The number of ether oxygens (including phenoxy) is 2. The third-order valence-electron chi connectivity index (χ3n) is 9.13. The van der Waals surface area contributed by atoms with Crippen LogP contribution in [-0.4, -0.2) is 46.4 Å². The number of amides is 2. The molecule has 4 aromatic carbocycles. The van der Waals surface area contributed by atoms with Crippen LogP contribution < -0.4 is 15.4 Å². The van der Waals surface area contributed by atoms with Crippen LogP contribution in [0, 0.1) is 0 Å². The smallest absolute Gasteiger partial charge is 0.490 e. The van der Waals surface area contributed by atoms with E-state index in [0.29, 0.717) is 48.4 Å². The standard InChI is InChI=1S/C42H37F3N4O6/c43-42(44,45)41(53)55-36(50)26-34(30-16-6-2-7-17-30)49-37(31-18-8-3-9-19-31)40(52)48(27-29-14-4-1-5-15-29)33-22-21-28(25-32(33)39(49)51)13-10-11-24-54-35-20-12-23-47-38(35)46/h1-9,12,14-23,25,34,37H,10-11,13,24,26-27H2,(H2,46,47). The second-order valence-electron chi connectivity index (χ2n) is 12.9. The summed E-state index contributed by atoms with van der Waals surface area (Å²) in [4.78, 5) is 61.9. The fourth-order valence-electron chi connectivity index (χ4n) is 6.53. The van der Waals surface area contributed by atoms with Gasteiger partial charge in [-0.2, -0.15) is 13.2 Å². The van der Waals surface area contributed by atoms with E-state index in [4.69, 9.17) is 10.5 Å². The summed E-state index contributed by atoms with van der Waals surface area (Å²) in [5.41, 5.74) is 8.66. The van der Waals surface area contributed by atoms with Crippen LogP contribution in [0.1, 0.15) is 64.0 Å². The summed E-state index contributed by atoms with van der Waals surface area (Å²) in [5, 5.41) is 0. The van der Waals surface area contributed by atoms with Gasteiger partial charge in [0, 0.05) is 6.20 Å². The maximum absolute atomic E-state index is 15.2. The Balaban J connectivity index is 1.41. The lowest BCUT2D eigenvalue weighted by Crippen LogP contribution is -2.45. The van der Waals surface area contributed by atoms with Crippen LogP contribution in [0.25, 0.3) is 0 Å². The molecular formula is C42H37F3N4O6. The van der Waals surface area contributed by atoms with E-state index in [1.807, 2.05) is 36.4 Å². The Kier molecular flexibility index (Phi) is 11.9. The molecule has 2 N–H and O–H groups in total. The lowest BCUT2D eigenvalue weighted by atomic mass is 9.95. The number of hydrogen-bond donors (Lipinski definition) is 1. The van der Waals surface area contributed by atoms with E-state index in [2.05, 4.69) is 9.72 Å². The summed E-state index contributed by atoms with van der Waals surface area (Å²) in [5.74, 6) is -4.59. The number of hydrogen-bond acceptors (Lipinski definition) is 8. The van der Waals surface area contributed by atoms with Crippen molar-refractivity contribution in [2.45, 2.75) is 50.5 Å². The molecule has 13 heteroatoms. The Hall–Kier alpha value is -6.50. The third kappa shape index (κ3) is 9.18. The van der Waals surface area contributed by atoms with Crippen LogP contribution >= 0.6 is 0 Å². The minimum Gasteiger partial charge on any atom is -0.490 e. The highest BCUT2D eigenvalue weighted by Gasteiger charge is 2.46. The molecule has 1 aromatic heterocycles. The van der Waals surface area contributed by atoms with Crippen LogP contribution in [0.4, 0.5) is 24.7 Å². The monoisotopic (exact) mass is 750 g/mol. The molecule has 6 rings (SSSR count). The first-order chi connectivity index (χ1) is 26.5. The highest BCUT2D eigenvalue weighted by atomic mass is 19.4. The van der Waals surface area contributed by atoms with Crippen molar-refractivity contribution in [2.75, 3.05) is 17.2 Å². The van der Waals surface area contributed by atoms with Crippen LogP contribution in [0.2, 0.25) is 0 Å². The molecule has 0 radical (unpaired) electrons. The van der Waals surface area contributed by atoms with E-state index in [-0.39, 0.29) is 17.9 Å². The van der Waals surface area contributed by atoms with E-state index in [1.54, 1.807) is 91.1 Å². The van der Waals surface area contributed by atoms with Gasteiger partial charge < -0.3 is 25.0 Å². The van der Waals surface area contributed by atoms with Crippen molar-refractivity contribution < 1.29 is 41.8 Å². The number of rotatable bonds is 13. The molecular weight excluding hydrogens is 713 g/mol. The van der Waals surface area contributed by atoms with Crippen molar-refractivity contribution in [3.05, 3.63) is 155 Å². The fourth-order valence-corrected chi connectivity index (χ4v) is 6.53. The molecule has 0 saturated carbocycles. The molecule has 0 saturated heterocycles. The van der Waals surface area contributed by atoms with Gasteiger partial charge in [0.15, 0.2) is 11.6 Å². The average Bonchev–Trinajstić information content (AvgIpc) is 3.27. The Morgan fingerprint density at radius 2 is 1.49 bits per heavy atom. The molecule has 1 aliphatic heterocycles. The van der Waals surface area contributed by atoms with Crippen molar-refractivity contribution in [1.82, 2.24) is 9.88 Å². The van der Waals surface area contributed by atoms with Gasteiger partial charge in [-0.05, 0) is 65.8 Å². The van der Waals surface area contributed by atoms with Gasteiger partial charge >= 0.3 is 18.1 Å². The Labute approximate surface area is 315 Å². The Bertz CT molecular complexity index is 2130. The number of unbranched alkanes of at least 4 members (excludes halogenated alkanes) is 1. The Morgan fingerprint density at radius 1 is 0.818 bits per heavy atom. The molecule has 0 aliphatic carbocycles. The van der Waals surface area contributed by atoms with Gasteiger partial charge in [0.2, 0.25) is 0 Å². The zero-order valence-corrected chi connectivity index (χ0v) is 29.5. The average molecular weight is 751 g/mol. The van der Waals surface area contributed by atoms with E-state index in [0.717, 1.165) is 11.1 Å². The molecule has 2 unspecified atom stereocenters. The van der Waals surface area contributed by atoms with Crippen molar-refractivity contribution in [3.63, 3.8) is 0 Å². The second-order valence-corrected chi connectivity index (χ2v) is 12.9. The molecule has 10 nitrogen and oxygen atoms in total. The minimum absolute atomic E-state index is 0.0867. The Morgan fingerprint density at radius 3 is 2.16 bits per heavy atom. The van der Waals surface area contributed by atoms with E-state index in [1.165, 1.54) is 9.80 Å². The number of nitrogens with two attached hydrogens (primary N) is 1. The summed E-state index contributed by atoms with van der Waals surface area (Å²) < 4.78 is 49.5. The summed E-state index contributed by atoms with van der Waals surface area (Å²) in [7, 11) is 0. The van der Waals surface area contributed by atoms with Crippen LogP contribution in [0.3, 0.4) is 0 Å². The summed E-state index contributed by atoms with van der Waals surface area (Å²) >= 11 is 0. The van der Waals surface area contributed by atoms with Gasteiger partial charge in [-0.1, -0.05) is 97.1 Å². The van der Waals surface area contributed by atoms with Crippen LogP contribution in [0.15, 0.2) is 128 Å². The van der Waals surface area contributed by atoms with Gasteiger partial charge in [-0.25, -0.2) is 9.78 Å². The first kappa shape index (κ1) is 38.2. The first-order valence-corrected chi connectivity index (χ1v) is 17.6. The van der Waals surface area contributed by atoms with E-state index in [9.17, 15) is 22.8 Å². The number of fused-ring (bicyclic) bond motifs is 1. The van der Waals surface area contributed by atoms with Crippen molar-refractivity contribution in [3.8, 4) is 5.75 Å². The zero-order valence-electron chi connectivity index (χ0n) is 29.5. The first-order valence-electron chi connectivity index (χ1n) is 17.6. The lowest BCUT2D eigenvalue weighted by molar-refractivity contribution is -0.202. The highest BCUT2D eigenvalue weighted by molar-refractivity contribution is 6.11. The summed E-state index contributed by atoms with van der Waals surface area (Å²) in [6, 6.07) is 31.9. The number of carbonyl (C=O) groups is 4. The van der Waals surface area contributed by atoms with Gasteiger partial charge in [0.05, 0.1) is 36.9 Å². The maximum Gasteiger partial charge on any atom is 0.491 e. The predicted octanol–water partition coefficient (Wildman–Crippen LogP) is 7.56. The fraction of sp³-hybridized carbons (Fsp3) is 0.214. The normalized spacial score (nSPS) is 14.9. The molecule has 0 spiro atoms. The summed E-state index contributed by atoms with van der Waals surface area (Å²) in [6.45, 7) is 0.459. The highest BCUT2D eigenvalue weighted by Crippen LogP contribution is 2.42. The number of anilines is 2. The van der Waals surface area contributed by atoms with Gasteiger partial charge in [-0.3, -0.25) is 14.4 Å². The molecule has 2 heterocycles. The molecule has 5 aromatic rings. The molecule has 55 heavy (non-hydrogen) atoms. The number of carbonyl (C=O) groups excluding carboxylic acids is 4. The molecule has 1 aliphatic rings. The van der Waals surface area contributed by atoms with E-state index < -0.39 is 48.4 Å².